The fourth-order valence-corrected chi connectivity index (χ4v) is 2.35. The lowest BCUT2D eigenvalue weighted by Crippen LogP contribution is -2.44. The number of rotatable bonds is 5. The molecular weight excluding hydrogens is 266 g/mol. The lowest BCUT2D eigenvalue weighted by Gasteiger charge is -2.37. The summed E-state index contributed by atoms with van der Waals surface area (Å²) in [6, 6.07) is 4.24. The Bertz CT molecular complexity index is 460. The summed E-state index contributed by atoms with van der Waals surface area (Å²) in [4.78, 5) is 14.2. The third-order valence-electron chi connectivity index (χ3n) is 3.52. The van der Waals surface area contributed by atoms with Crippen molar-refractivity contribution >= 4 is 17.5 Å². The minimum atomic E-state index is -0.233. The average molecular weight is 284 g/mol. The van der Waals surface area contributed by atoms with Gasteiger partial charge in [0.05, 0.1) is 5.56 Å². The zero-order chi connectivity index (χ0) is 13.8. The number of carbonyl (C=O) groups is 1. The van der Waals surface area contributed by atoms with Crippen molar-refractivity contribution in [2.45, 2.75) is 31.7 Å². The minimum absolute atomic E-state index is 0.0212. The maximum Gasteiger partial charge on any atom is 0.257 e. The van der Waals surface area contributed by atoms with Crippen LogP contribution < -0.4 is 0 Å². The fourth-order valence-electron chi connectivity index (χ4n) is 2.23. The number of halogens is 1. The van der Waals surface area contributed by atoms with E-state index in [0.29, 0.717) is 12.4 Å². The highest BCUT2D eigenvalue weighted by atomic mass is 35.5. The summed E-state index contributed by atoms with van der Waals surface area (Å²) in [6.45, 7) is 0.585. The van der Waals surface area contributed by atoms with E-state index in [1.165, 1.54) is 18.2 Å². The number of phenols is 2. The Labute approximate surface area is 117 Å². The second kappa shape index (κ2) is 6.15. The molecule has 19 heavy (non-hydrogen) atoms. The summed E-state index contributed by atoms with van der Waals surface area (Å²) in [5.74, 6) is 0.149. The average Bonchev–Trinajstić information content (AvgIpc) is 2.34. The van der Waals surface area contributed by atoms with Crippen molar-refractivity contribution < 1.29 is 15.0 Å². The standard InChI is InChI=1S/C14H18ClNO3/c15-7-2-8-16(10-3-1-4-10)14(19)12-9-11(17)5-6-13(12)18/h5-6,9-10,17-18H,1-4,7-8H2. The van der Waals surface area contributed by atoms with E-state index in [0.717, 1.165) is 25.7 Å². The van der Waals surface area contributed by atoms with Crippen LogP contribution in [0.4, 0.5) is 0 Å². The first-order valence-corrected chi connectivity index (χ1v) is 7.06. The van der Waals surface area contributed by atoms with Crippen LogP contribution in [-0.2, 0) is 0 Å². The Morgan fingerprint density at radius 1 is 1.37 bits per heavy atom. The van der Waals surface area contributed by atoms with Crippen LogP contribution in [0.3, 0.4) is 0 Å². The van der Waals surface area contributed by atoms with E-state index in [1.54, 1.807) is 4.90 Å². The van der Waals surface area contributed by atoms with Crippen LogP contribution in [0.2, 0.25) is 0 Å². The maximum atomic E-state index is 12.5. The Morgan fingerprint density at radius 2 is 2.11 bits per heavy atom. The van der Waals surface area contributed by atoms with Gasteiger partial charge in [0.2, 0.25) is 0 Å². The topological polar surface area (TPSA) is 60.8 Å². The van der Waals surface area contributed by atoms with E-state index in [4.69, 9.17) is 11.6 Å². The van der Waals surface area contributed by atoms with Crippen LogP contribution in [0.25, 0.3) is 0 Å². The largest absolute Gasteiger partial charge is 0.508 e. The molecule has 2 N–H and O–H groups in total. The molecule has 1 aliphatic carbocycles. The molecule has 0 aliphatic heterocycles. The van der Waals surface area contributed by atoms with Gasteiger partial charge in [0.25, 0.3) is 5.91 Å². The first kappa shape index (κ1) is 14.0. The summed E-state index contributed by atoms with van der Waals surface area (Å²) < 4.78 is 0. The van der Waals surface area contributed by atoms with E-state index in [2.05, 4.69) is 0 Å². The van der Waals surface area contributed by atoms with E-state index >= 15 is 0 Å². The zero-order valence-electron chi connectivity index (χ0n) is 10.7. The van der Waals surface area contributed by atoms with Gasteiger partial charge in [0.15, 0.2) is 0 Å². The second-order valence-corrected chi connectivity index (χ2v) is 5.21. The molecule has 0 heterocycles. The summed E-state index contributed by atoms with van der Waals surface area (Å²) in [6.07, 6.45) is 3.84. The highest BCUT2D eigenvalue weighted by Crippen LogP contribution is 2.29. The highest BCUT2D eigenvalue weighted by molar-refractivity contribution is 6.17. The monoisotopic (exact) mass is 283 g/mol. The molecule has 1 aliphatic rings. The number of hydrogen-bond acceptors (Lipinski definition) is 3. The number of phenolic OH excluding ortho intramolecular Hbond substituents is 2. The molecule has 0 bridgehead atoms. The van der Waals surface area contributed by atoms with Gasteiger partial charge in [-0.3, -0.25) is 4.79 Å². The van der Waals surface area contributed by atoms with Gasteiger partial charge in [-0.1, -0.05) is 0 Å². The van der Waals surface area contributed by atoms with Gasteiger partial charge in [-0.15, -0.1) is 11.6 Å². The van der Waals surface area contributed by atoms with Crippen LogP contribution in [0, 0.1) is 0 Å². The van der Waals surface area contributed by atoms with Gasteiger partial charge in [-0.25, -0.2) is 0 Å². The molecule has 0 atom stereocenters. The van der Waals surface area contributed by atoms with Gasteiger partial charge in [-0.05, 0) is 43.9 Å². The normalized spacial score (nSPS) is 15.0. The molecule has 104 valence electrons. The maximum absolute atomic E-state index is 12.5. The quantitative estimate of drug-likeness (QED) is 0.645. The molecule has 1 fully saturated rings. The van der Waals surface area contributed by atoms with Gasteiger partial charge in [0.1, 0.15) is 11.5 Å². The molecule has 2 rings (SSSR count). The fraction of sp³-hybridized carbons (Fsp3) is 0.500. The summed E-state index contributed by atoms with van der Waals surface area (Å²) in [5.41, 5.74) is 0.154. The number of amides is 1. The predicted molar refractivity (Wildman–Crippen MR) is 73.8 cm³/mol. The number of benzene rings is 1. The van der Waals surface area contributed by atoms with Crippen LogP contribution in [0.5, 0.6) is 11.5 Å². The molecule has 0 radical (unpaired) electrons. The molecular formula is C14H18ClNO3. The number of nitrogens with zero attached hydrogens (tertiary/aromatic N) is 1. The van der Waals surface area contributed by atoms with Crippen molar-refractivity contribution in [2.24, 2.45) is 0 Å². The number of carbonyl (C=O) groups excluding carboxylic acids is 1. The van der Waals surface area contributed by atoms with E-state index in [9.17, 15) is 15.0 Å². The molecule has 5 heteroatoms. The predicted octanol–water partition coefficient (Wildman–Crippen LogP) is 2.72. The van der Waals surface area contributed by atoms with Gasteiger partial charge >= 0.3 is 0 Å². The molecule has 4 nitrogen and oxygen atoms in total. The van der Waals surface area contributed by atoms with E-state index in [1.807, 2.05) is 0 Å². The van der Waals surface area contributed by atoms with Crippen molar-refractivity contribution in [3.63, 3.8) is 0 Å². The summed E-state index contributed by atoms with van der Waals surface area (Å²) >= 11 is 5.69. The zero-order valence-corrected chi connectivity index (χ0v) is 11.4. The van der Waals surface area contributed by atoms with Crippen molar-refractivity contribution in [3.05, 3.63) is 23.8 Å². The molecule has 0 aromatic heterocycles. The molecule has 1 saturated carbocycles. The van der Waals surface area contributed by atoms with Gasteiger partial charge < -0.3 is 15.1 Å². The number of aromatic hydroxyl groups is 2. The smallest absolute Gasteiger partial charge is 0.257 e. The first-order valence-electron chi connectivity index (χ1n) is 6.52. The Balaban J connectivity index is 2.19. The van der Waals surface area contributed by atoms with E-state index < -0.39 is 0 Å². The molecule has 1 amide bonds. The second-order valence-electron chi connectivity index (χ2n) is 4.83. The SMILES string of the molecule is O=C(c1cc(O)ccc1O)N(CCCCl)C1CCC1. The molecule has 0 saturated heterocycles. The van der Waals surface area contributed by atoms with Crippen molar-refractivity contribution in [2.75, 3.05) is 12.4 Å². The van der Waals surface area contributed by atoms with Crippen LogP contribution in [0.15, 0.2) is 18.2 Å². The van der Waals surface area contributed by atoms with Gasteiger partial charge in [-0.2, -0.15) is 0 Å². The lowest BCUT2D eigenvalue weighted by molar-refractivity contribution is 0.0577. The highest BCUT2D eigenvalue weighted by Gasteiger charge is 2.30. The summed E-state index contributed by atoms with van der Waals surface area (Å²) in [5, 5.41) is 19.2. The van der Waals surface area contributed by atoms with Crippen molar-refractivity contribution in [1.82, 2.24) is 4.90 Å². The molecule has 0 unspecified atom stereocenters. The summed E-state index contributed by atoms with van der Waals surface area (Å²) in [7, 11) is 0. The number of hydrogen-bond donors (Lipinski definition) is 2. The number of alkyl halides is 1. The minimum Gasteiger partial charge on any atom is -0.508 e. The third-order valence-corrected chi connectivity index (χ3v) is 3.79. The van der Waals surface area contributed by atoms with Crippen LogP contribution >= 0.6 is 11.6 Å². The Morgan fingerprint density at radius 3 is 2.68 bits per heavy atom. The third kappa shape index (κ3) is 3.13. The van der Waals surface area contributed by atoms with Crippen molar-refractivity contribution in [1.29, 1.82) is 0 Å². The Kier molecular flexibility index (Phi) is 4.53. The molecule has 1 aromatic rings. The molecule has 1 aromatic carbocycles. The van der Waals surface area contributed by atoms with E-state index in [-0.39, 0.29) is 29.0 Å². The first-order chi connectivity index (χ1) is 9.13. The van der Waals surface area contributed by atoms with Crippen molar-refractivity contribution in [3.8, 4) is 11.5 Å². The lowest BCUT2D eigenvalue weighted by atomic mass is 9.90. The Hall–Kier alpha value is -1.42. The van der Waals surface area contributed by atoms with Gasteiger partial charge in [0, 0.05) is 18.5 Å². The van der Waals surface area contributed by atoms with Crippen LogP contribution in [0.1, 0.15) is 36.0 Å². The molecule has 0 spiro atoms. The van der Waals surface area contributed by atoms with Crippen LogP contribution in [-0.4, -0.2) is 39.5 Å².